The van der Waals surface area contributed by atoms with Gasteiger partial charge < -0.3 is 14.8 Å². The molecule has 158 valence electrons. The zero-order valence-corrected chi connectivity index (χ0v) is 17.8. The molecule has 6 nitrogen and oxygen atoms in total. The minimum absolute atomic E-state index is 0.0702. The molecule has 0 radical (unpaired) electrons. The maximum atomic E-state index is 12.5. The summed E-state index contributed by atoms with van der Waals surface area (Å²) in [5, 5.41) is 12.8. The van der Waals surface area contributed by atoms with Gasteiger partial charge in [-0.05, 0) is 62.8 Å². The van der Waals surface area contributed by atoms with Gasteiger partial charge in [0.2, 0.25) is 0 Å². The fourth-order valence-corrected chi connectivity index (χ4v) is 4.89. The summed E-state index contributed by atoms with van der Waals surface area (Å²) in [7, 11) is 1.74. The molecular formula is C25H27N5O. The third-order valence-electron chi connectivity index (χ3n) is 6.65. The summed E-state index contributed by atoms with van der Waals surface area (Å²) < 4.78 is 1.58. The highest BCUT2D eigenvalue weighted by molar-refractivity contribution is 5.88. The Labute approximate surface area is 182 Å². The average Bonchev–Trinajstić information content (AvgIpc) is 3.64. The SMILES string of the molecule is Cn1c(=O)cc(N[C@H]2CC[C@H](N(c3ccccc3)C3CC3)CC2)c2nc(C#N)ccc21. The third kappa shape index (κ3) is 3.88. The summed E-state index contributed by atoms with van der Waals surface area (Å²) in [6.07, 6.45) is 6.94. The number of nitrogens with one attached hydrogen (secondary N) is 1. The molecular weight excluding hydrogens is 386 g/mol. The van der Waals surface area contributed by atoms with Crippen molar-refractivity contribution in [3.63, 3.8) is 0 Å². The van der Waals surface area contributed by atoms with Crippen LogP contribution in [0.25, 0.3) is 11.0 Å². The molecule has 6 heteroatoms. The number of anilines is 2. The molecule has 2 aliphatic rings. The van der Waals surface area contributed by atoms with Crippen LogP contribution in [0.4, 0.5) is 11.4 Å². The lowest BCUT2D eigenvalue weighted by Gasteiger charge is -2.39. The van der Waals surface area contributed by atoms with Crippen molar-refractivity contribution in [1.82, 2.24) is 9.55 Å². The first-order valence-corrected chi connectivity index (χ1v) is 11.1. The molecule has 0 amide bonds. The van der Waals surface area contributed by atoms with Crippen LogP contribution in [0.15, 0.2) is 53.3 Å². The number of aryl methyl sites for hydroxylation is 1. The Bertz CT molecular complexity index is 1180. The van der Waals surface area contributed by atoms with Crippen molar-refractivity contribution >= 4 is 22.4 Å². The molecule has 0 unspecified atom stereocenters. The minimum atomic E-state index is -0.0702. The first kappa shape index (κ1) is 19.6. The highest BCUT2D eigenvalue weighted by atomic mass is 16.1. The lowest BCUT2D eigenvalue weighted by atomic mass is 9.89. The molecule has 0 bridgehead atoms. The van der Waals surface area contributed by atoms with Crippen LogP contribution in [0.3, 0.4) is 0 Å². The van der Waals surface area contributed by atoms with Crippen LogP contribution in [0, 0.1) is 11.3 Å². The van der Waals surface area contributed by atoms with E-state index in [4.69, 9.17) is 0 Å². The topological polar surface area (TPSA) is 74.0 Å². The zero-order valence-electron chi connectivity index (χ0n) is 17.8. The fraction of sp³-hybridized carbons (Fsp3) is 0.400. The van der Waals surface area contributed by atoms with Gasteiger partial charge in [-0.25, -0.2) is 4.98 Å². The van der Waals surface area contributed by atoms with Crippen LogP contribution in [-0.4, -0.2) is 27.7 Å². The van der Waals surface area contributed by atoms with Gasteiger partial charge in [0.15, 0.2) is 0 Å². The van der Waals surface area contributed by atoms with Gasteiger partial charge >= 0.3 is 0 Å². The van der Waals surface area contributed by atoms with Gasteiger partial charge in [0, 0.05) is 36.9 Å². The molecule has 0 atom stereocenters. The smallest absolute Gasteiger partial charge is 0.252 e. The number of fused-ring (bicyclic) bond motifs is 1. The van der Waals surface area contributed by atoms with E-state index in [0.717, 1.165) is 36.9 Å². The van der Waals surface area contributed by atoms with Gasteiger partial charge in [0.1, 0.15) is 17.3 Å². The summed E-state index contributed by atoms with van der Waals surface area (Å²) in [4.78, 5) is 19.6. The van der Waals surface area contributed by atoms with Crippen LogP contribution in [-0.2, 0) is 7.05 Å². The molecule has 0 spiro atoms. The Morgan fingerprint density at radius 1 is 1.03 bits per heavy atom. The van der Waals surface area contributed by atoms with Crippen molar-refractivity contribution < 1.29 is 0 Å². The molecule has 2 saturated carbocycles. The van der Waals surface area contributed by atoms with E-state index in [0.29, 0.717) is 29.3 Å². The van der Waals surface area contributed by atoms with E-state index >= 15 is 0 Å². The fourth-order valence-electron chi connectivity index (χ4n) is 4.89. The minimum Gasteiger partial charge on any atom is -0.380 e. The normalized spacial score (nSPS) is 20.9. The monoisotopic (exact) mass is 413 g/mol. The van der Waals surface area contributed by atoms with E-state index in [2.05, 4.69) is 51.6 Å². The Morgan fingerprint density at radius 3 is 2.35 bits per heavy atom. The largest absolute Gasteiger partial charge is 0.380 e. The van der Waals surface area contributed by atoms with Crippen molar-refractivity contribution in [2.75, 3.05) is 10.2 Å². The van der Waals surface area contributed by atoms with Gasteiger partial charge in [0.05, 0.1) is 11.2 Å². The maximum Gasteiger partial charge on any atom is 0.252 e. The van der Waals surface area contributed by atoms with Crippen molar-refractivity contribution in [1.29, 1.82) is 5.26 Å². The number of rotatable bonds is 5. The number of benzene rings is 1. The van der Waals surface area contributed by atoms with E-state index < -0.39 is 0 Å². The van der Waals surface area contributed by atoms with Gasteiger partial charge in [-0.1, -0.05) is 18.2 Å². The molecule has 2 aromatic heterocycles. The highest BCUT2D eigenvalue weighted by Gasteiger charge is 2.36. The van der Waals surface area contributed by atoms with E-state index in [1.54, 1.807) is 29.8 Å². The highest BCUT2D eigenvalue weighted by Crippen LogP contribution is 2.38. The molecule has 31 heavy (non-hydrogen) atoms. The van der Waals surface area contributed by atoms with E-state index in [1.165, 1.54) is 18.5 Å². The number of para-hydroxylation sites is 1. The predicted octanol–water partition coefficient (Wildman–Crippen LogP) is 4.20. The first-order valence-electron chi connectivity index (χ1n) is 11.1. The second kappa shape index (κ2) is 8.07. The number of nitriles is 1. The standard InChI is InChI=1S/C25H27N5O/c1-29-23-14-9-18(16-26)28-25(23)22(15-24(29)31)27-17-7-10-20(11-8-17)30(21-12-13-21)19-5-3-2-4-6-19/h2-6,9,14-15,17,20-21,27H,7-8,10-13H2,1H3/t17-,20-. The summed E-state index contributed by atoms with van der Waals surface area (Å²) in [5.74, 6) is 0. The summed E-state index contributed by atoms with van der Waals surface area (Å²) in [6, 6.07) is 19.5. The lowest BCUT2D eigenvalue weighted by molar-refractivity contribution is 0.388. The predicted molar refractivity (Wildman–Crippen MR) is 123 cm³/mol. The third-order valence-corrected chi connectivity index (χ3v) is 6.65. The van der Waals surface area contributed by atoms with E-state index in [-0.39, 0.29) is 5.56 Å². The molecule has 0 saturated heterocycles. The van der Waals surface area contributed by atoms with Crippen LogP contribution in [0.1, 0.15) is 44.2 Å². The van der Waals surface area contributed by atoms with Crippen LogP contribution in [0.2, 0.25) is 0 Å². The molecule has 1 N–H and O–H groups in total. The number of hydrogen-bond acceptors (Lipinski definition) is 5. The molecule has 2 aliphatic carbocycles. The molecule has 2 fully saturated rings. The summed E-state index contributed by atoms with van der Waals surface area (Å²) >= 11 is 0. The van der Waals surface area contributed by atoms with E-state index in [9.17, 15) is 10.1 Å². The summed E-state index contributed by atoms with van der Waals surface area (Å²) in [6.45, 7) is 0. The van der Waals surface area contributed by atoms with Crippen molar-refractivity contribution in [3.05, 3.63) is 64.6 Å². The molecule has 0 aliphatic heterocycles. The molecule has 1 aromatic carbocycles. The lowest BCUT2D eigenvalue weighted by Crippen LogP contribution is -2.42. The quantitative estimate of drug-likeness (QED) is 0.679. The zero-order chi connectivity index (χ0) is 21.4. The number of aromatic nitrogens is 2. The average molecular weight is 414 g/mol. The molecule has 3 aromatic rings. The van der Waals surface area contributed by atoms with Crippen molar-refractivity contribution in [2.24, 2.45) is 7.05 Å². The molecule has 5 rings (SSSR count). The number of hydrogen-bond donors (Lipinski definition) is 1. The van der Waals surface area contributed by atoms with Crippen LogP contribution < -0.4 is 15.8 Å². The van der Waals surface area contributed by atoms with Gasteiger partial charge in [-0.3, -0.25) is 4.79 Å². The van der Waals surface area contributed by atoms with Gasteiger partial charge in [-0.15, -0.1) is 0 Å². The number of nitrogens with zero attached hydrogens (tertiary/aromatic N) is 4. The van der Waals surface area contributed by atoms with Crippen LogP contribution in [0.5, 0.6) is 0 Å². The van der Waals surface area contributed by atoms with E-state index in [1.807, 2.05) is 0 Å². The second-order valence-electron chi connectivity index (χ2n) is 8.76. The van der Waals surface area contributed by atoms with Gasteiger partial charge in [-0.2, -0.15) is 5.26 Å². The Kier molecular flexibility index (Phi) is 5.11. The van der Waals surface area contributed by atoms with Crippen molar-refractivity contribution in [3.8, 4) is 6.07 Å². The summed E-state index contributed by atoms with van der Waals surface area (Å²) in [5.41, 5.74) is 3.80. The Morgan fingerprint density at radius 2 is 1.71 bits per heavy atom. The molecule has 2 heterocycles. The Balaban J connectivity index is 1.34. The first-order chi connectivity index (χ1) is 15.1. The van der Waals surface area contributed by atoms with Crippen molar-refractivity contribution in [2.45, 2.75) is 56.7 Å². The number of pyridine rings is 2. The van der Waals surface area contributed by atoms with Gasteiger partial charge in [0.25, 0.3) is 5.56 Å². The maximum absolute atomic E-state index is 12.5. The second-order valence-corrected chi connectivity index (χ2v) is 8.76. The Hall–Kier alpha value is -3.33. The van der Waals surface area contributed by atoms with Crippen LogP contribution >= 0.6 is 0 Å².